The minimum Gasteiger partial charge on any atom is -0.497 e. The van der Waals surface area contributed by atoms with E-state index in [4.69, 9.17) is 4.74 Å². The molecule has 0 aliphatic carbocycles. The van der Waals surface area contributed by atoms with E-state index in [-0.39, 0.29) is 5.78 Å². The number of benzene rings is 2. The van der Waals surface area contributed by atoms with Crippen molar-refractivity contribution in [2.24, 2.45) is 0 Å². The van der Waals surface area contributed by atoms with Gasteiger partial charge in [0.2, 0.25) is 5.78 Å². The van der Waals surface area contributed by atoms with E-state index in [9.17, 15) is 4.79 Å². The van der Waals surface area contributed by atoms with Gasteiger partial charge in [0.15, 0.2) is 0 Å². The van der Waals surface area contributed by atoms with Gasteiger partial charge in [-0.25, -0.2) is 4.68 Å². The van der Waals surface area contributed by atoms with Crippen LogP contribution < -0.4 is 4.74 Å². The summed E-state index contributed by atoms with van der Waals surface area (Å²) in [6.45, 7) is 2.69. The molecule has 138 valence electrons. The molecule has 0 amide bonds. The van der Waals surface area contributed by atoms with Crippen molar-refractivity contribution in [3.8, 4) is 5.75 Å². The number of para-hydroxylation sites is 1. The Bertz CT molecular complexity index is 1250. The van der Waals surface area contributed by atoms with Crippen LogP contribution in [0, 0.1) is 6.92 Å². The molecule has 0 saturated heterocycles. The minimum absolute atomic E-state index is 0.104. The van der Waals surface area contributed by atoms with Crippen LogP contribution in [-0.2, 0) is 6.54 Å². The number of ketones is 1. The van der Waals surface area contributed by atoms with E-state index in [0.717, 1.165) is 22.5 Å². The Labute approximate surface area is 161 Å². The lowest BCUT2D eigenvalue weighted by molar-refractivity contribution is 0.105. The normalized spacial score (nSPS) is 12.9. The summed E-state index contributed by atoms with van der Waals surface area (Å²) >= 11 is 0. The lowest BCUT2D eigenvalue weighted by Gasteiger charge is -2.08. The zero-order chi connectivity index (χ0) is 19.3. The molecule has 1 aliphatic heterocycles. The highest BCUT2D eigenvalue weighted by molar-refractivity contribution is 6.28. The third-order valence-electron chi connectivity index (χ3n) is 5.30. The lowest BCUT2D eigenvalue weighted by Crippen LogP contribution is -2.13. The number of nitrogens with zero attached hydrogens (tertiary/aromatic N) is 4. The summed E-state index contributed by atoms with van der Waals surface area (Å²) in [5, 5.41) is 9.42. The van der Waals surface area contributed by atoms with Crippen LogP contribution in [0.15, 0.2) is 54.7 Å². The number of allylic oxidation sites excluding steroid dienone is 1. The number of aryl methyl sites for hydroxylation is 1. The van der Waals surface area contributed by atoms with Crippen LogP contribution in [0.1, 0.15) is 27.3 Å². The molecule has 0 bridgehead atoms. The van der Waals surface area contributed by atoms with Gasteiger partial charge in [0.1, 0.15) is 11.4 Å². The number of fused-ring (bicyclic) bond motifs is 4. The van der Waals surface area contributed by atoms with Crippen molar-refractivity contribution < 1.29 is 9.53 Å². The van der Waals surface area contributed by atoms with Crippen molar-refractivity contribution in [3.05, 3.63) is 77.2 Å². The maximum atomic E-state index is 13.3. The van der Waals surface area contributed by atoms with Crippen molar-refractivity contribution in [3.63, 3.8) is 0 Å². The molecule has 6 nitrogen and oxygen atoms in total. The zero-order valence-corrected chi connectivity index (χ0v) is 15.6. The quantitative estimate of drug-likeness (QED) is 0.515. The SMILES string of the molecule is COc1ccc(C(=O)C2=Cc3c(C)c4ccccc4n3Cc3cnnn32)cc1. The van der Waals surface area contributed by atoms with E-state index in [1.807, 2.05) is 18.2 Å². The summed E-state index contributed by atoms with van der Waals surface area (Å²) in [5.74, 6) is 0.608. The average Bonchev–Trinajstić information content (AvgIpc) is 3.25. The summed E-state index contributed by atoms with van der Waals surface area (Å²) in [6.07, 6.45) is 3.64. The number of carbonyl (C=O) groups is 1. The van der Waals surface area contributed by atoms with Crippen molar-refractivity contribution in [2.75, 3.05) is 7.11 Å². The molecule has 2 aromatic carbocycles. The van der Waals surface area contributed by atoms with E-state index >= 15 is 0 Å². The van der Waals surface area contributed by atoms with Gasteiger partial charge in [-0.15, -0.1) is 5.10 Å². The van der Waals surface area contributed by atoms with Gasteiger partial charge in [0.25, 0.3) is 0 Å². The highest BCUT2D eigenvalue weighted by Gasteiger charge is 2.25. The predicted octanol–water partition coefficient (Wildman–Crippen LogP) is 3.79. The van der Waals surface area contributed by atoms with Crippen LogP contribution in [0.25, 0.3) is 22.7 Å². The van der Waals surface area contributed by atoms with Crippen LogP contribution in [0.3, 0.4) is 0 Å². The number of methoxy groups -OCH3 is 1. The molecule has 0 spiro atoms. The van der Waals surface area contributed by atoms with Crippen LogP contribution in [-0.4, -0.2) is 32.5 Å². The Kier molecular flexibility index (Phi) is 3.65. The zero-order valence-electron chi connectivity index (χ0n) is 15.6. The fourth-order valence-corrected chi connectivity index (χ4v) is 3.82. The first-order valence-electron chi connectivity index (χ1n) is 9.05. The predicted molar refractivity (Wildman–Crippen MR) is 107 cm³/mol. The molecule has 28 heavy (non-hydrogen) atoms. The molecule has 0 atom stereocenters. The Hall–Kier alpha value is -3.67. The van der Waals surface area contributed by atoms with Crippen molar-refractivity contribution in [2.45, 2.75) is 13.5 Å². The molecular formula is C22H18N4O2. The maximum absolute atomic E-state index is 13.3. The summed E-state index contributed by atoms with van der Waals surface area (Å²) in [6, 6.07) is 15.4. The van der Waals surface area contributed by atoms with Gasteiger partial charge >= 0.3 is 0 Å². The van der Waals surface area contributed by atoms with E-state index in [1.54, 1.807) is 42.3 Å². The Balaban J connectivity index is 1.72. The van der Waals surface area contributed by atoms with Gasteiger partial charge in [-0.1, -0.05) is 23.4 Å². The standard InChI is InChI=1S/C22H18N4O2/c1-14-18-5-3-4-6-19(18)25-13-16-12-23-24-26(16)21(11-20(14)25)22(27)15-7-9-17(28-2)10-8-15/h3-12H,13H2,1-2H3. The summed E-state index contributed by atoms with van der Waals surface area (Å²) in [7, 11) is 1.61. The average molecular weight is 370 g/mol. The smallest absolute Gasteiger partial charge is 0.211 e. The summed E-state index contributed by atoms with van der Waals surface area (Å²) in [5.41, 5.74) is 5.24. The monoisotopic (exact) mass is 370 g/mol. The van der Waals surface area contributed by atoms with Crippen LogP contribution in [0.5, 0.6) is 5.75 Å². The first-order chi connectivity index (χ1) is 13.7. The number of aromatic nitrogens is 4. The van der Waals surface area contributed by atoms with Gasteiger partial charge < -0.3 is 9.30 Å². The first kappa shape index (κ1) is 16.5. The molecule has 1 aliphatic rings. The van der Waals surface area contributed by atoms with Crippen molar-refractivity contribution in [1.29, 1.82) is 0 Å². The highest BCUT2D eigenvalue weighted by Crippen LogP contribution is 2.32. The number of carbonyl (C=O) groups excluding carboxylic acids is 1. The van der Waals surface area contributed by atoms with Gasteiger partial charge in [0.05, 0.1) is 25.5 Å². The van der Waals surface area contributed by atoms with Gasteiger partial charge in [-0.3, -0.25) is 4.79 Å². The molecule has 3 heterocycles. The van der Waals surface area contributed by atoms with E-state index < -0.39 is 0 Å². The summed E-state index contributed by atoms with van der Waals surface area (Å²) in [4.78, 5) is 13.3. The summed E-state index contributed by atoms with van der Waals surface area (Å²) < 4.78 is 9.06. The molecule has 4 aromatic rings. The molecule has 0 saturated carbocycles. The van der Waals surface area contributed by atoms with Crippen molar-refractivity contribution >= 4 is 28.5 Å². The fraction of sp³-hybridized carbons (Fsp3) is 0.136. The van der Waals surface area contributed by atoms with Crippen molar-refractivity contribution in [1.82, 2.24) is 19.6 Å². The fourth-order valence-electron chi connectivity index (χ4n) is 3.82. The topological polar surface area (TPSA) is 61.9 Å². The number of ether oxygens (including phenoxy) is 1. The van der Waals surface area contributed by atoms with E-state index in [0.29, 0.717) is 23.6 Å². The minimum atomic E-state index is -0.104. The third-order valence-corrected chi connectivity index (χ3v) is 5.30. The second kappa shape index (κ2) is 6.20. The van der Waals surface area contributed by atoms with Crippen LogP contribution >= 0.6 is 0 Å². The second-order valence-electron chi connectivity index (χ2n) is 6.84. The highest BCUT2D eigenvalue weighted by atomic mass is 16.5. The molecule has 6 heteroatoms. The number of rotatable bonds is 3. The number of hydrogen-bond acceptors (Lipinski definition) is 4. The van der Waals surface area contributed by atoms with Gasteiger partial charge in [-0.05, 0) is 48.9 Å². The van der Waals surface area contributed by atoms with E-state index in [2.05, 4.69) is 33.9 Å². The third kappa shape index (κ3) is 2.38. The van der Waals surface area contributed by atoms with E-state index in [1.165, 1.54) is 5.39 Å². The number of Topliss-reactive ketones (excluding diaryl/α,β-unsaturated/α-hetero) is 1. The molecule has 0 fully saturated rings. The Morgan fingerprint density at radius 2 is 1.89 bits per heavy atom. The second-order valence-corrected chi connectivity index (χ2v) is 6.84. The Morgan fingerprint density at radius 3 is 2.68 bits per heavy atom. The van der Waals surface area contributed by atoms with Gasteiger partial charge in [-0.2, -0.15) is 0 Å². The molecule has 0 N–H and O–H groups in total. The maximum Gasteiger partial charge on any atom is 0.211 e. The molecule has 0 radical (unpaired) electrons. The lowest BCUT2D eigenvalue weighted by atomic mass is 10.1. The largest absolute Gasteiger partial charge is 0.497 e. The molecule has 5 rings (SSSR count). The molecule has 2 aromatic heterocycles. The van der Waals surface area contributed by atoms with Crippen LogP contribution in [0.2, 0.25) is 0 Å². The van der Waals surface area contributed by atoms with Gasteiger partial charge in [0, 0.05) is 22.2 Å². The Morgan fingerprint density at radius 1 is 1.11 bits per heavy atom. The first-order valence-corrected chi connectivity index (χ1v) is 9.05. The van der Waals surface area contributed by atoms with Crippen LogP contribution in [0.4, 0.5) is 0 Å². The molecular weight excluding hydrogens is 352 g/mol. The molecule has 0 unspecified atom stereocenters. The number of hydrogen-bond donors (Lipinski definition) is 0.